The number of ketones is 1. The molecule has 1 atom stereocenters. The van der Waals surface area contributed by atoms with E-state index >= 15 is 0 Å². The molecule has 170 valence electrons. The van der Waals surface area contributed by atoms with Gasteiger partial charge in [-0.25, -0.2) is 0 Å². The van der Waals surface area contributed by atoms with Crippen molar-refractivity contribution < 1.29 is 19.0 Å². The molecule has 2 N–H and O–H groups in total. The monoisotopic (exact) mass is 464 g/mol. The van der Waals surface area contributed by atoms with Crippen LogP contribution in [0.1, 0.15) is 43.7 Å². The van der Waals surface area contributed by atoms with Crippen molar-refractivity contribution in [2.24, 2.45) is 11.1 Å². The highest BCUT2D eigenvalue weighted by Gasteiger charge is 2.43. The van der Waals surface area contributed by atoms with Gasteiger partial charge in [0.2, 0.25) is 5.88 Å². The van der Waals surface area contributed by atoms with Crippen LogP contribution in [0.3, 0.4) is 0 Å². The predicted molar refractivity (Wildman–Crippen MR) is 124 cm³/mol. The summed E-state index contributed by atoms with van der Waals surface area (Å²) >= 11 is 5.94. The first-order chi connectivity index (χ1) is 15.7. The number of methoxy groups -OCH3 is 1. The summed E-state index contributed by atoms with van der Waals surface area (Å²) in [5.74, 6) is 0.974. The maximum Gasteiger partial charge on any atom is 0.205 e. The van der Waals surface area contributed by atoms with Crippen molar-refractivity contribution in [3.8, 4) is 17.6 Å². The van der Waals surface area contributed by atoms with Crippen molar-refractivity contribution in [2.75, 3.05) is 7.11 Å². The lowest BCUT2D eigenvalue weighted by Gasteiger charge is -2.37. The van der Waals surface area contributed by atoms with Gasteiger partial charge in [-0.15, -0.1) is 0 Å². The van der Waals surface area contributed by atoms with Crippen LogP contribution in [0.25, 0.3) is 0 Å². The van der Waals surface area contributed by atoms with Crippen LogP contribution in [0.2, 0.25) is 5.02 Å². The van der Waals surface area contributed by atoms with Gasteiger partial charge in [0.25, 0.3) is 0 Å². The van der Waals surface area contributed by atoms with E-state index < -0.39 is 5.92 Å². The highest BCUT2D eigenvalue weighted by Crippen LogP contribution is 2.48. The Bertz CT molecular complexity index is 1210. The Labute approximate surface area is 198 Å². The molecule has 1 heterocycles. The lowest BCUT2D eigenvalue weighted by atomic mass is 9.70. The summed E-state index contributed by atoms with van der Waals surface area (Å²) in [6.07, 6.45) is 0.952. The molecule has 0 saturated carbocycles. The average Bonchev–Trinajstić information content (AvgIpc) is 2.77. The number of ether oxygens (including phenoxy) is 3. The van der Waals surface area contributed by atoms with Crippen LogP contribution in [0, 0.1) is 16.7 Å². The van der Waals surface area contributed by atoms with Gasteiger partial charge in [0.05, 0.1) is 13.0 Å². The zero-order valence-corrected chi connectivity index (χ0v) is 19.5. The summed E-state index contributed by atoms with van der Waals surface area (Å²) in [6, 6.07) is 14.9. The van der Waals surface area contributed by atoms with Crippen LogP contribution >= 0.6 is 11.6 Å². The third-order valence-corrected chi connectivity index (χ3v) is 6.16. The Kier molecular flexibility index (Phi) is 6.09. The molecule has 2 aliphatic rings. The van der Waals surface area contributed by atoms with Gasteiger partial charge in [0.15, 0.2) is 17.3 Å². The zero-order valence-electron chi connectivity index (χ0n) is 18.8. The highest BCUT2D eigenvalue weighted by atomic mass is 35.5. The van der Waals surface area contributed by atoms with Gasteiger partial charge >= 0.3 is 0 Å². The molecule has 0 fully saturated rings. The Morgan fingerprint density at radius 2 is 1.91 bits per heavy atom. The standard InChI is InChI=1S/C26H25ClN2O4/c1-26(2)11-19(30)24-22(12-26)33-25(29)18(13-28)23(24)16-6-9-20(21(10-16)31-3)32-14-15-4-7-17(27)8-5-15/h4-10,23H,11-12,14,29H2,1-3H3/t23-/m0/s1. The molecular formula is C26H25ClN2O4. The number of allylic oxidation sites excluding steroid dienone is 3. The number of nitriles is 1. The molecule has 7 heteroatoms. The number of nitrogens with zero attached hydrogens (tertiary/aromatic N) is 1. The smallest absolute Gasteiger partial charge is 0.205 e. The zero-order chi connectivity index (χ0) is 23.8. The quantitative estimate of drug-likeness (QED) is 0.638. The maximum atomic E-state index is 13.1. The molecule has 0 amide bonds. The Hall–Kier alpha value is -3.43. The molecule has 0 saturated heterocycles. The van der Waals surface area contributed by atoms with Crippen molar-refractivity contribution in [1.29, 1.82) is 5.26 Å². The van der Waals surface area contributed by atoms with Gasteiger partial charge in [-0.3, -0.25) is 4.79 Å². The lowest BCUT2D eigenvalue weighted by Crippen LogP contribution is -2.33. The summed E-state index contributed by atoms with van der Waals surface area (Å²) in [6.45, 7) is 4.37. The number of Topliss-reactive ketones (excluding diaryl/α,β-unsaturated/α-hetero) is 1. The van der Waals surface area contributed by atoms with Crippen LogP contribution in [0.5, 0.6) is 11.5 Å². The van der Waals surface area contributed by atoms with Crippen LogP contribution in [0.15, 0.2) is 65.3 Å². The Morgan fingerprint density at radius 3 is 2.58 bits per heavy atom. The van der Waals surface area contributed by atoms with Crippen LogP contribution in [0.4, 0.5) is 0 Å². The van der Waals surface area contributed by atoms with E-state index in [2.05, 4.69) is 6.07 Å². The highest BCUT2D eigenvalue weighted by molar-refractivity contribution is 6.30. The third kappa shape index (κ3) is 4.55. The molecule has 4 rings (SSSR count). The van der Waals surface area contributed by atoms with Gasteiger partial charge in [-0.1, -0.05) is 43.6 Å². The number of carbonyl (C=O) groups is 1. The lowest BCUT2D eigenvalue weighted by molar-refractivity contribution is -0.119. The number of carbonyl (C=O) groups excluding carboxylic acids is 1. The van der Waals surface area contributed by atoms with Crippen molar-refractivity contribution in [3.63, 3.8) is 0 Å². The van der Waals surface area contributed by atoms with Crippen LogP contribution in [-0.2, 0) is 16.1 Å². The summed E-state index contributed by atoms with van der Waals surface area (Å²) in [4.78, 5) is 13.1. The van der Waals surface area contributed by atoms with Crippen molar-refractivity contribution in [1.82, 2.24) is 0 Å². The van der Waals surface area contributed by atoms with E-state index in [9.17, 15) is 10.1 Å². The minimum Gasteiger partial charge on any atom is -0.493 e. The average molecular weight is 465 g/mol. The molecule has 0 spiro atoms. The van der Waals surface area contributed by atoms with Gasteiger partial charge in [-0.05, 0) is 40.8 Å². The van der Waals surface area contributed by atoms with Gasteiger partial charge in [0, 0.05) is 23.4 Å². The molecule has 0 aromatic heterocycles. The Morgan fingerprint density at radius 1 is 1.18 bits per heavy atom. The van der Waals surface area contributed by atoms with E-state index in [0.717, 1.165) is 5.56 Å². The number of nitrogens with two attached hydrogens (primary N) is 1. The summed E-state index contributed by atoms with van der Waals surface area (Å²) in [5.41, 5.74) is 8.27. The topological polar surface area (TPSA) is 94.6 Å². The van der Waals surface area contributed by atoms with E-state index in [0.29, 0.717) is 52.9 Å². The van der Waals surface area contributed by atoms with Crippen LogP contribution < -0.4 is 15.2 Å². The molecule has 0 radical (unpaired) electrons. The van der Waals surface area contributed by atoms with E-state index in [1.165, 1.54) is 0 Å². The SMILES string of the molecule is COc1cc([C@H]2C(C#N)=C(N)OC3=C2C(=O)CC(C)(C)C3)ccc1OCc1ccc(Cl)cc1. The summed E-state index contributed by atoms with van der Waals surface area (Å²) < 4.78 is 17.3. The van der Waals surface area contributed by atoms with E-state index in [-0.39, 0.29) is 22.7 Å². The van der Waals surface area contributed by atoms with Gasteiger partial charge < -0.3 is 19.9 Å². The van der Waals surface area contributed by atoms with Gasteiger partial charge in [-0.2, -0.15) is 5.26 Å². The molecule has 1 aliphatic carbocycles. The fraction of sp³-hybridized carbons (Fsp3) is 0.308. The normalized spacial score (nSPS) is 19.5. The Balaban J connectivity index is 1.69. The first kappa shape index (κ1) is 22.8. The number of benzene rings is 2. The maximum absolute atomic E-state index is 13.1. The fourth-order valence-corrected chi connectivity index (χ4v) is 4.47. The molecule has 0 unspecified atom stereocenters. The molecule has 6 nitrogen and oxygen atoms in total. The first-order valence-electron chi connectivity index (χ1n) is 10.6. The number of rotatable bonds is 5. The summed E-state index contributed by atoms with van der Waals surface area (Å²) in [5, 5.41) is 10.5. The molecule has 2 aromatic carbocycles. The minimum absolute atomic E-state index is 0.0338. The fourth-order valence-electron chi connectivity index (χ4n) is 4.34. The molecule has 2 aromatic rings. The molecule has 33 heavy (non-hydrogen) atoms. The van der Waals surface area contributed by atoms with Gasteiger partial charge in [0.1, 0.15) is 24.0 Å². The summed E-state index contributed by atoms with van der Waals surface area (Å²) in [7, 11) is 1.55. The van der Waals surface area contributed by atoms with Crippen molar-refractivity contribution >= 4 is 17.4 Å². The second-order valence-corrected chi connectivity index (χ2v) is 9.46. The number of halogens is 1. The molecular weight excluding hydrogens is 440 g/mol. The van der Waals surface area contributed by atoms with E-state index in [1.54, 1.807) is 31.4 Å². The first-order valence-corrected chi connectivity index (χ1v) is 11.0. The van der Waals surface area contributed by atoms with Crippen LogP contribution in [-0.4, -0.2) is 12.9 Å². The van der Waals surface area contributed by atoms with E-state index in [4.69, 9.17) is 31.5 Å². The van der Waals surface area contributed by atoms with E-state index in [1.807, 2.05) is 32.0 Å². The molecule has 0 bridgehead atoms. The third-order valence-electron chi connectivity index (χ3n) is 5.90. The van der Waals surface area contributed by atoms with Crippen molar-refractivity contribution in [3.05, 3.63) is 81.4 Å². The molecule has 1 aliphatic heterocycles. The second-order valence-electron chi connectivity index (χ2n) is 9.03. The predicted octanol–water partition coefficient (Wildman–Crippen LogP) is 5.38. The second kappa shape index (κ2) is 8.84. The minimum atomic E-state index is -0.610. The van der Waals surface area contributed by atoms with Crippen molar-refractivity contribution in [2.45, 2.75) is 39.2 Å². The largest absolute Gasteiger partial charge is 0.493 e. The number of hydrogen-bond donors (Lipinski definition) is 1. The number of hydrogen-bond acceptors (Lipinski definition) is 6.